The molecule has 2 aliphatic rings. The predicted molar refractivity (Wildman–Crippen MR) is 84.6 cm³/mol. The highest BCUT2D eigenvalue weighted by atomic mass is 32.1. The maximum atomic E-state index is 11.8. The highest BCUT2D eigenvalue weighted by molar-refractivity contribution is 7.09. The molecule has 1 aliphatic carbocycles. The second-order valence-electron chi connectivity index (χ2n) is 6.00. The van der Waals surface area contributed by atoms with E-state index >= 15 is 0 Å². The molecule has 1 saturated carbocycles. The number of hydrogen-bond acceptors (Lipinski definition) is 4. The molecule has 0 bridgehead atoms. The SMILES string of the molecule is CCc1nc(CNC(=O)NCC2CC(=O)N(C3CC3)C2)cs1. The Morgan fingerprint density at radius 1 is 1.45 bits per heavy atom. The Balaban J connectivity index is 1.36. The molecule has 0 radical (unpaired) electrons. The van der Waals surface area contributed by atoms with Crippen molar-refractivity contribution in [2.24, 2.45) is 5.92 Å². The first-order valence-electron chi connectivity index (χ1n) is 7.90. The number of amides is 3. The molecule has 1 unspecified atom stereocenters. The van der Waals surface area contributed by atoms with Gasteiger partial charge in [0.15, 0.2) is 0 Å². The molecular weight excluding hydrogens is 300 g/mol. The minimum Gasteiger partial charge on any atom is -0.339 e. The van der Waals surface area contributed by atoms with Gasteiger partial charge in [-0.2, -0.15) is 0 Å². The van der Waals surface area contributed by atoms with Gasteiger partial charge >= 0.3 is 6.03 Å². The van der Waals surface area contributed by atoms with E-state index < -0.39 is 0 Å². The lowest BCUT2D eigenvalue weighted by Gasteiger charge is -2.15. The van der Waals surface area contributed by atoms with Gasteiger partial charge in [-0.3, -0.25) is 4.79 Å². The Morgan fingerprint density at radius 3 is 2.95 bits per heavy atom. The van der Waals surface area contributed by atoms with Crippen molar-refractivity contribution in [3.63, 3.8) is 0 Å². The first-order valence-corrected chi connectivity index (χ1v) is 8.78. The Hall–Kier alpha value is -1.63. The number of rotatable bonds is 6. The van der Waals surface area contributed by atoms with Gasteiger partial charge in [-0.25, -0.2) is 9.78 Å². The largest absolute Gasteiger partial charge is 0.339 e. The highest BCUT2D eigenvalue weighted by Gasteiger charge is 2.39. The van der Waals surface area contributed by atoms with Crippen LogP contribution in [0, 0.1) is 5.92 Å². The van der Waals surface area contributed by atoms with Crippen LogP contribution in [-0.4, -0.2) is 41.0 Å². The fourth-order valence-corrected chi connectivity index (χ4v) is 3.49. The van der Waals surface area contributed by atoms with Crippen LogP contribution in [-0.2, 0) is 17.8 Å². The number of aromatic nitrogens is 1. The van der Waals surface area contributed by atoms with Gasteiger partial charge < -0.3 is 15.5 Å². The van der Waals surface area contributed by atoms with Crippen LogP contribution in [0.15, 0.2) is 5.38 Å². The molecular formula is C15H22N4O2S. The zero-order valence-corrected chi connectivity index (χ0v) is 13.6. The number of urea groups is 1. The van der Waals surface area contributed by atoms with Crippen molar-refractivity contribution in [2.75, 3.05) is 13.1 Å². The molecule has 1 atom stereocenters. The fraction of sp³-hybridized carbons (Fsp3) is 0.667. The van der Waals surface area contributed by atoms with Crippen LogP contribution in [0.1, 0.15) is 36.9 Å². The molecule has 2 fully saturated rings. The van der Waals surface area contributed by atoms with Gasteiger partial charge in [0, 0.05) is 36.9 Å². The molecule has 22 heavy (non-hydrogen) atoms. The zero-order valence-electron chi connectivity index (χ0n) is 12.8. The number of hydrogen-bond donors (Lipinski definition) is 2. The molecule has 6 nitrogen and oxygen atoms in total. The Labute approximate surface area is 134 Å². The summed E-state index contributed by atoms with van der Waals surface area (Å²) in [7, 11) is 0. The predicted octanol–water partition coefficient (Wildman–Crippen LogP) is 1.52. The summed E-state index contributed by atoms with van der Waals surface area (Å²) in [6, 6.07) is 0.284. The molecule has 1 saturated heterocycles. The summed E-state index contributed by atoms with van der Waals surface area (Å²) in [5, 5.41) is 8.74. The number of nitrogens with one attached hydrogen (secondary N) is 2. The third-order valence-corrected chi connectivity index (χ3v) is 5.15. The molecule has 1 aromatic heterocycles. The maximum Gasteiger partial charge on any atom is 0.315 e. The van der Waals surface area contributed by atoms with E-state index in [1.807, 2.05) is 10.3 Å². The molecule has 120 valence electrons. The van der Waals surface area contributed by atoms with E-state index in [0.717, 1.165) is 36.5 Å². The topological polar surface area (TPSA) is 74.3 Å². The van der Waals surface area contributed by atoms with Crippen molar-refractivity contribution in [3.05, 3.63) is 16.1 Å². The average molecular weight is 322 g/mol. The van der Waals surface area contributed by atoms with Crippen molar-refractivity contribution in [3.8, 4) is 0 Å². The van der Waals surface area contributed by atoms with Gasteiger partial charge in [-0.1, -0.05) is 6.92 Å². The molecule has 2 N–H and O–H groups in total. The van der Waals surface area contributed by atoms with E-state index in [0.29, 0.717) is 25.6 Å². The molecule has 3 amide bonds. The smallest absolute Gasteiger partial charge is 0.315 e. The normalized spacial score (nSPS) is 21.2. The first kappa shape index (κ1) is 15.3. The van der Waals surface area contributed by atoms with E-state index in [-0.39, 0.29) is 17.9 Å². The number of aryl methyl sites for hydroxylation is 1. The third kappa shape index (κ3) is 3.76. The van der Waals surface area contributed by atoms with Crippen molar-refractivity contribution < 1.29 is 9.59 Å². The Bertz CT molecular complexity index is 555. The number of likely N-dealkylation sites (tertiary alicyclic amines) is 1. The van der Waals surface area contributed by atoms with Crippen LogP contribution in [0.4, 0.5) is 4.79 Å². The molecule has 3 rings (SSSR count). The lowest BCUT2D eigenvalue weighted by Crippen LogP contribution is -2.38. The van der Waals surface area contributed by atoms with Crippen LogP contribution < -0.4 is 10.6 Å². The van der Waals surface area contributed by atoms with Crippen molar-refractivity contribution in [1.29, 1.82) is 0 Å². The van der Waals surface area contributed by atoms with Gasteiger partial charge in [-0.15, -0.1) is 11.3 Å². The number of thiazole rings is 1. The van der Waals surface area contributed by atoms with Gasteiger partial charge in [-0.05, 0) is 19.3 Å². The summed E-state index contributed by atoms with van der Waals surface area (Å²) in [5.41, 5.74) is 0.896. The average Bonchev–Trinajstić information content (AvgIpc) is 3.13. The summed E-state index contributed by atoms with van der Waals surface area (Å²) in [5.74, 6) is 0.481. The summed E-state index contributed by atoms with van der Waals surface area (Å²) < 4.78 is 0. The van der Waals surface area contributed by atoms with E-state index in [9.17, 15) is 9.59 Å². The number of nitrogens with zero attached hydrogens (tertiary/aromatic N) is 2. The zero-order chi connectivity index (χ0) is 15.5. The van der Waals surface area contributed by atoms with Crippen molar-refractivity contribution >= 4 is 23.3 Å². The van der Waals surface area contributed by atoms with Crippen LogP contribution in [0.3, 0.4) is 0 Å². The summed E-state index contributed by atoms with van der Waals surface area (Å²) in [6.07, 6.45) is 3.76. The van der Waals surface area contributed by atoms with Crippen LogP contribution in [0.2, 0.25) is 0 Å². The summed E-state index contributed by atoms with van der Waals surface area (Å²) >= 11 is 1.62. The molecule has 2 heterocycles. The van der Waals surface area contributed by atoms with Gasteiger partial charge in [0.05, 0.1) is 17.2 Å². The molecule has 0 aromatic carbocycles. The monoisotopic (exact) mass is 322 g/mol. The standard InChI is InChI=1S/C15H22N4O2S/c1-2-13-18-11(9-22-13)7-17-15(21)16-6-10-5-14(20)19(8-10)12-3-4-12/h9-10,12H,2-8H2,1H3,(H2,16,17,21). The minimum absolute atomic E-state index is 0.191. The van der Waals surface area contributed by atoms with E-state index in [1.54, 1.807) is 11.3 Å². The lowest BCUT2D eigenvalue weighted by molar-refractivity contribution is -0.128. The van der Waals surface area contributed by atoms with Crippen molar-refractivity contribution in [2.45, 2.75) is 45.2 Å². The Morgan fingerprint density at radius 2 is 2.27 bits per heavy atom. The quantitative estimate of drug-likeness (QED) is 0.834. The molecule has 1 aromatic rings. The first-order chi connectivity index (χ1) is 10.7. The second-order valence-corrected chi connectivity index (χ2v) is 6.94. The number of carbonyl (C=O) groups is 2. The van der Waals surface area contributed by atoms with Crippen LogP contribution >= 0.6 is 11.3 Å². The fourth-order valence-electron chi connectivity index (χ4n) is 2.75. The Kier molecular flexibility index (Phi) is 4.61. The van der Waals surface area contributed by atoms with Crippen LogP contribution in [0.5, 0.6) is 0 Å². The summed E-state index contributed by atoms with van der Waals surface area (Å²) in [4.78, 5) is 30.0. The third-order valence-electron chi connectivity index (χ3n) is 4.11. The molecule has 7 heteroatoms. The van der Waals surface area contributed by atoms with Gasteiger partial charge in [0.25, 0.3) is 0 Å². The number of carbonyl (C=O) groups excluding carboxylic acids is 2. The van der Waals surface area contributed by atoms with Gasteiger partial charge in [0.2, 0.25) is 5.91 Å². The van der Waals surface area contributed by atoms with E-state index in [1.165, 1.54) is 0 Å². The molecule has 0 spiro atoms. The highest BCUT2D eigenvalue weighted by Crippen LogP contribution is 2.32. The minimum atomic E-state index is -0.191. The summed E-state index contributed by atoms with van der Waals surface area (Å²) in [6.45, 7) is 3.85. The second kappa shape index (κ2) is 6.64. The van der Waals surface area contributed by atoms with Crippen molar-refractivity contribution in [1.82, 2.24) is 20.5 Å². The van der Waals surface area contributed by atoms with E-state index in [4.69, 9.17) is 0 Å². The maximum absolute atomic E-state index is 11.8. The lowest BCUT2D eigenvalue weighted by atomic mass is 10.1. The van der Waals surface area contributed by atoms with Crippen LogP contribution in [0.25, 0.3) is 0 Å². The van der Waals surface area contributed by atoms with E-state index in [2.05, 4.69) is 22.5 Å². The molecule has 1 aliphatic heterocycles. The van der Waals surface area contributed by atoms with Gasteiger partial charge in [0.1, 0.15) is 0 Å².